The lowest BCUT2D eigenvalue weighted by Crippen LogP contribution is -2.13. The number of aryl methyl sites for hydroxylation is 1. The van der Waals surface area contributed by atoms with Gasteiger partial charge in [-0.15, -0.1) is 10.2 Å². The summed E-state index contributed by atoms with van der Waals surface area (Å²) in [5.74, 6) is 0.623. The zero-order chi connectivity index (χ0) is 21.1. The van der Waals surface area contributed by atoms with Crippen LogP contribution in [0.25, 0.3) is 11.3 Å². The second-order valence-electron chi connectivity index (χ2n) is 6.14. The summed E-state index contributed by atoms with van der Waals surface area (Å²) in [5.41, 5.74) is 2.48. The number of aromatic nitrogens is 3. The van der Waals surface area contributed by atoms with E-state index >= 15 is 0 Å². The van der Waals surface area contributed by atoms with E-state index in [9.17, 15) is 4.79 Å². The van der Waals surface area contributed by atoms with Gasteiger partial charge >= 0.3 is 0 Å². The van der Waals surface area contributed by atoms with Crippen molar-refractivity contribution in [2.24, 2.45) is 0 Å². The maximum Gasteiger partial charge on any atom is 0.263 e. The molecular weight excluding hydrogens is 463 g/mol. The molecule has 152 valence electrons. The van der Waals surface area contributed by atoms with E-state index < -0.39 is 0 Å². The molecule has 0 radical (unpaired) electrons. The molecule has 0 saturated carbocycles. The van der Waals surface area contributed by atoms with Crippen LogP contribution in [-0.4, -0.2) is 21.3 Å². The lowest BCUT2D eigenvalue weighted by atomic mass is 10.1. The van der Waals surface area contributed by atoms with Gasteiger partial charge in [0.2, 0.25) is 5.13 Å². The predicted molar refractivity (Wildman–Crippen MR) is 121 cm³/mol. The Morgan fingerprint density at radius 3 is 2.57 bits per heavy atom. The van der Waals surface area contributed by atoms with Crippen LogP contribution in [0.4, 0.5) is 5.13 Å². The smallest absolute Gasteiger partial charge is 0.263 e. The minimum Gasteiger partial charge on any atom is -0.360 e. The van der Waals surface area contributed by atoms with Crippen molar-refractivity contribution in [1.82, 2.24) is 15.4 Å². The quantitative estimate of drug-likeness (QED) is 0.257. The molecule has 0 saturated heterocycles. The zero-order valence-corrected chi connectivity index (χ0v) is 18.7. The highest BCUT2D eigenvalue weighted by molar-refractivity contribution is 8.00. The molecule has 6 nitrogen and oxygen atoms in total. The van der Waals surface area contributed by atoms with E-state index in [0.717, 1.165) is 11.1 Å². The Hall–Kier alpha value is -2.39. The summed E-state index contributed by atoms with van der Waals surface area (Å²) >= 11 is 15.1. The molecule has 0 unspecified atom stereocenters. The monoisotopic (exact) mass is 476 g/mol. The number of amides is 1. The summed E-state index contributed by atoms with van der Waals surface area (Å²) in [6, 6.07) is 14.8. The van der Waals surface area contributed by atoms with Crippen molar-refractivity contribution in [3.05, 3.63) is 75.5 Å². The fourth-order valence-electron chi connectivity index (χ4n) is 2.71. The van der Waals surface area contributed by atoms with Crippen LogP contribution in [0.3, 0.4) is 0 Å². The Morgan fingerprint density at radius 1 is 1.10 bits per heavy atom. The van der Waals surface area contributed by atoms with Crippen molar-refractivity contribution in [2.45, 2.75) is 17.0 Å². The summed E-state index contributed by atoms with van der Waals surface area (Å²) in [4.78, 5) is 12.9. The number of nitrogens with one attached hydrogen (secondary N) is 1. The van der Waals surface area contributed by atoms with Gasteiger partial charge in [0.15, 0.2) is 4.34 Å². The predicted octanol–water partition coefficient (Wildman–Crippen LogP) is 6.35. The summed E-state index contributed by atoms with van der Waals surface area (Å²) in [7, 11) is 0. The highest BCUT2D eigenvalue weighted by Crippen LogP contribution is 2.34. The van der Waals surface area contributed by atoms with Crippen LogP contribution in [0.1, 0.15) is 21.7 Å². The molecule has 0 bridgehead atoms. The topological polar surface area (TPSA) is 80.9 Å². The number of carbonyl (C=O) groups excluding carboxylic acids is 1. The Bertz CT molecular complexity index is 1170. The molecule has 2 heterocycles. The molecule has 0 fully saturated rings. The molecule has 30 heavy (non-hydrogen) atoms. The molecule has 10 heteroatoms. The third-order valence-electron chi connectivity index (χ3n) is 4.17. The first kappa shape index (κ1) is 20.9. The molecule has 0 spiro atoms. The van der Waals surface area contributed by atoms with Crippen molar-refractivity contribution in [3.63, 3.8) is 0 Å². The summed E-state index contributed by atoms with van der Waals surface area (Å²) < 4.78 is 5.94. The van der Waals surface area contributed by atoms with Gasteiger partial charge in [0.25, 0.3) is 5.91 Å². The van der Waals surface area contributed by atoms with Gasteiger partial charge in [-0.3, -0.25) is 10.1 Å². The lowest BCUT2D eigenvalue weighted by Gasteiger charge is -2.04. The van der Waals surface area contributed by atoms with Crippen LogP contribution in [0.15, 0.2) is 57.4 Å². The Morgan fingerprint density at radius 2 is 1.83 bits per heavy atom. The van der Waals surface area contributed by atoms with Gasteiger partial charge in [0.1, 0.15) is 17.0 Å². The van der Waals surface area contributed by atoms with Crippen molar-refractivity contribution < 1.29 is 9.32 Å². The minimum absolute atomic E-state index is 0.352. The van der Waals surface area contributed by atoms with Crippen LogP contribution in [0.2, 0.25) is 10.0 Å². The van der Waals surface area contributed by atoms with E-state index in [1.165, 1.54) is 23.1 Å². The first-order valence-corrected chi connectivity index (χ1v) is 11.3. The largest absolute Gasteiger partial charge is 0.360 e. The first-order valence-electron chi connectivity index (χ1n) is 8.75. The third-order valence-corrected chi connectivity index (χ3v) is 6.87. The van der Waals surface area contributed by atoms with Crippen molar-refractivity contribution >= 4 is 57.3 Å². The highest BCUT2D eigenvalue weighted by atomic mass is 35.5. The Balaban J connectivity index is 1.47. The van der Waals surface area contributed by atoms with Crippen molar-refractivity contribution in [2.75, 3.05) is 5.32 Å². The summed E-state index contributed by atoms with van der Waals surface area (Å²) in [6.07, 6.45) is 0. The van der Waals surface area contributed by atoms with E-state index in [4.69, 9.17) is 27.7 Å². The molecular formula is C20H14Cl2N4O2S2. The maximum atomic E-state index is 12.9. The van der Waals surface area contributed by atoms with Crippen molar-refractivity contribution in [1.29, 1.82) is 0 Å². The van der Waals surface area contributed by atoms with Gasteiger partial charge in [-0.1, -0.05) is 87.9 Å². The summed E-state index contributed by atoms with van der Waals surface area (Å²) in [5, 5.41) is 16.6. The van der Waals surface area contributed by atoms with Crippen LogP contribution in [0.5, 0.6) is 0 Å². The summed E-state index contributed by atoms with van der Waals surface area (Å²) in [6.45, 7) is 1.70. The highest BCUT2D eigenvalue weighted by Gasteiger charge is 2.22. The maximum absolute atomic E-state index is 12.9. The number of anilines is 1. The number of nitrogens with zero attached hydrogens (tertiary/aromatic N) is 3. The van der Waals surface area contributed by atoms with Crippen LogP contribution in [-0.2, 0) is 5.75 Å². The van der Waals surface area contributed by atoms with Crippen LogP contribution in [0, 0.1) is 6.92 Å². The fourth-order valence-corrected chi connectivity index (χ4v) is 5.20. The number of hydrogen-bond acceptors (Lipinski definition) is 7. The van der Waals surface area contributed by atoms with Gasteiger partial charge in [-0.05, 0) is 24.6 Å². The first-order chi connectivity index (χ1) is 14.5. The average molecular weight is 477 g/mol. The Kier molecular flexibility index (Phi) is 6.38. The van der Waals surface area contributed by atoms with Gasteiger partial charge in [0.05, 0.1) is 0 Å². The molecule has 1 amide bonds. The van der Waals surface area contributed by atoms with E-state index in [0.29, 0.717) is 42.3 Å². The fraction of sp³-hybridized carbons (Fsp3) is 0.100. The molecule has 2 aromatic heterocycles. The molecule has 0 atom stereocenters. The second-order valence-corrected chi connectivity index (χ2v) is 9.16. The zero-order valence-electron chi connectivity index (χ0n) is 15.6. The van der Waals surface area contributed by atoms with Gasteiger partial charge in [-0.25, -0.2) is 0 Å². The number of hydrogen-bond donors (Lipinski definition) is 1. The molecule has 0 aliphatic rings. The van der Waals surface area contributed by atoms with E-state index in [1.807, 2.05) is 30.3 Å². The molecule has 4 rings (SSSR count). The van der Waals surface area contributed by atoms with Crippen LogP contribution >= 0.6 is 46.3 Å². The molecule has 0 aliphatic carbocycles. The number of thioether (sulfide) groups is 1. The van der Waals surface area contributed by atoms with E-state index in [1.54, 1.807) is 25.1 Å². The second kappa shape index (κ2) is 9.18. The third kappa shape index (κ3) is 4.52. The van der Waals surface area contributed by atoms with Gasteiger partial charge < -0.3 is 4.52 Å². The number of benzene rings is 2. The lowest BCUT2D eigenvalue weighted by molar-refractivity contribution is 0.102. The van der Waals surface area contributed by atoms with E-state index in [-0.39, 0.29) is 5.91 Å². The number of halogens is 2. The van der Waals surface area contributed by atoms with Gasteiger partial charge in [0, 0.05) is 21.4 Å². The van der Waals surface area contributed by atoms with Crippen molar-refractivity contribution in [3.8, 4) is 11.3 Å². The van der Waals surface area contributed by atoms with Gasteiger partial charge in [-0.2, -0.15) is 0 Å². The molecule has 1 N–H and O–H groups in total. The molecule has 4 aromatic rings. The Labute approximate surface area is 190 Å². The normalized spacial score (nSPS) is 10.9. The standard InChI is InChI=1S/C20H14Cl2N4O2S2/c1-11-16(17(26-28-11)12-6-3-2-4-7-12)18(27)23-19-24-25-20(30-19)29-10-13-14(21)8-5-9-15(13)22/h2-9H,10H2,1H3,(H,23,24,27). The SMILES string of the molecule is Cc1onc(-c2ccccc2)c1C(=O)Nc1nnc(SCc2c(Cl)cccc2Cl)s1. The average Bonchev–Trinajstić information content (AvgIpc) is 3.34. The minimum atomic E-state index is -0.352. The molecule has 2 aromatic carbocycles. The van der Waals surface area contributed by atoms with E-state index in [2.05, 4.69) is 20.7 Å². The number of carbonyl (C=O) groups is 1. The molecule has 0 aliphatic heterocycles. The number of rotatable bonds is 6. The van der Waals surface area contributed by atoms with Crippen LogP contribution < -0.4 is 5.32 Å².